The van der Waals surface area contributed by atoms with Crippen molar-refractivity contribution in [3.63, 3.8) is 0 Å². The zero-order valence-electron chi connectivity index (χ0n) is 15.8. The van der Waals surface area contributed by atoms with E-state index in [0.717, 1.165) is 27.2 Å². The summed E-state index contributed by atoms with van der Waals surface area (Å²) in [4.78, 5) is 37.7. The van der Waals surface area contributed by atoms with Crippen LogP contribution in [0, 0.1) is 26.6 Å². The van der Waals surface area contributed by atoms with Gasteiger partial charge in [0.25, 0.3) is 5.91 Å². The summed E-state index contributed by atoms with van der Waals surface area (Å²) in [6.07, 6.45) is 1.61. The second kappa shape index (κ2) is 7.64. The molecule has 3 rings (SSSR count). The van der Waals surface area contributed by atoms with Crippen molar-refractivity contribution in [1.29, 1.82) is 0 Å². The van der Waals surface area contributed by atoms with E-state index in [2.05, 4.69) is 10.6 Å². The van der Waals surface area contributed by atoms with Gasteiger partial charge in [-0.25, -0.2) is 14.1 Å². The lowest BCUT2D eigenvalue weighted by atomic mass is 9.99. The molecule has 0 unspecified atom stereocenters. The Kier molecular flexibility index (Phi) is 5.26. The molecule has 144 valence electrons. The molecule has 1 aliphatic rings. The minimum Gasteiger partial charge on any atom is -0.322 e. The summed E-state index contributed by atoms with van der Waals surface area (Å²) in [5, 5.41) is 4.86. The maximum absolute atomic E-state index is 13.6. The number of carbonyl (C=O) groups is 3. The number of halogens is 1. The third-order valence-electron chi connectivity index (χ3n) is 4.44. The van der Waals surface area contributed by atoms with Crippen molar-refractivity contribution in [2.45, 2.75) is 20.8 Å². The molecule has 0 spiro atoms. The normalized spacial score (nSPS) is 15.1. The molecule has 1 aliphatic heterocycles. The van der Waals surface area contributed by atoms with E-state index in [1.54, 1.807) is 12.1 Å². The fourth-order valence-corrected chi connectivity index (χ4v) is 3.17. The SMILES string of the molecule is Cc1cc(C)c(/C=C2/NC(=O)N(CC(=O)Nc3ccccc3F)C2=O)c(C)c1. The Morgan fingerprint density at radius 2 is 1.79 bits per heavy atom. The molecular formula is C21H20FN3O3. The quantitative estimate of drug-likeness (QED) is 0.630. The van der Waals surface area contributed by atoms with Crippen LogP contribution in [-0.4, -0.2) is 29.3 Å². The van der Waals surface area contributed by atoms with E-state index in [0.29, 0.717) is 0 Å². The number of carbonyl (C=O) groups excluding carboxylic acids is 3. The molecule has 0 radical (unpaired) electrons. The average molecular weight is 381 g/mol. The number of para-hydroxylation sites is 1. The Labute approximate surface area is 162 Å². The summed E-state index contributed by atoms with van der Waals surface area (Å²) in [6.45, 7) is 5.32. The molecule has 1 saturated heterocycles. The van der Waals surface area contributed by atoms with Gasteiger partial charge in [-0.05, 0) is 55.7 Å². The van der Waals surface area contributed by atoms with Crippen LogP contribution < -0.4 is 10.6 Å². The highest BCUT2D eigenvalue weighted by molar-refractivity contribution is 6.16. The smallest absolute Gasteiger partial charge is 0.322 e. The van der Waals surface area contributed by atoms with Crippen LogP contribution >= 0.6 is 0 Å². The van der Waals surface area contributed by atoms with Crippen molar-refractivity contribution >= 4 is 29.6 Å². The van der Waals surface area contributed by atoms with Crippen LogP contribution in [0.1, 0.15) is 22.3 Å². The lowest BCUT2D eigenvalue weighted by Crippen LogP contribution is -2.38. The first kappa shape index (κ1) is 19.3. The number of urea groups is 1. The zero-order chi connectivity index (χ0) is 20.4. The van der Waals surface area contributed by atoms with E-state index in [-0.39, 0.29) is 11.4 Å². The van der Waals surface area contributed by atoms with Crippen LogP contribution in [0.3, 0.4) is 0 Å². The number of anilines is 1. The average Bonchev–Trinajstić information content (AvgIpc) is 2.87. The van der Waals surface area contributed by atoms with Crippen LogP contribution in [0.2, 0.25) is 0 Å². The maximum Gasteiger partial charge on any atom is 0.329 e. The third kappa shape index (κ3) is 3.93. The number of aryl methyl sites for hydroxylation is 3. The first-order valence-electron chi connectivity index (χ1n) is 8.73. The predicted molar refractivity (Wildman–Crippen MR) is 104 cm³/mol. The van der Waals surface area contributed by atoms with Gasteiger partial charge in [-0.15, -0.1) is 0 Å². The molecule has 0 aromatic heterocycles. The highest BCUT2D eigenvalue weighted by Crippen LogP contribution is 2.21. The van der Waals surface area contributed by atoms with Gasteiger partial charge in [-0.3, -0.25) is 9.59 Å². The molecule has 0 atom stereocenters. The Hall–Kier alpha value is -3.48. The van der Waals surface area contributed by atoms with E-state index >= 15 is 0 Å². The minimum absolute atomic E-state index is 0.0128. The third-order valence-corrected chi connectivity index (χ3v) is 4.44. The van der Waals surface area contributed by atoms with Crippen LogP contribution in [0.5, 0.6) is 0 Å². The second-order valence-corrected chi connectivity index (χ2v) is 6.72. The summed E-state index contributed by atoms with van der Waals surface area (Å²) < 4.78 is 13.6. The highest BCUT2D eigenvalue weighted by Gasteiger charge is 2.35. The standard InChI is InChI=1S/C21H20FN3O3/c1-12-8-13(2)15(14(3)9-12)10-18-20(27)25(21(28)24-18)11-19(26)23-17-7-5-4-6-16(17)22/h4-10H,11H2,1-3H3,(H,23,26)(H,24,28)/b18-10+. The molecule has 1 fully saturated rings. The Morgan fingerprint density at radius 3 is 2.43 bits per heavy atom. The predicted octanol–water partition coefficient (Wildman–Crippen LogP) is 3.28. The monoisotopic (exact) mass is 381 g/mol. The summed E-state index contributed by atoms with van der Waals surface area (Å²) in [6, 6.07) is 8.95. The molecule has 28 heavy (non-hydrogen) atoms. The van der Waals surface area contributed by atoms with Gasteiger partial charge < -0.3 is 10.6 Å². The van der Waals surface area contributed by atoms with E-state index in [9.17, 15) is 18.8 Å². The Morgan fingerprint density at radius 1 is 1.14 bits per heavy atom. The largest absolute Gasteiger partial charge is 0.329 e. The van der Waals surface area contributed by atoms with Crippen molar-refractivity contribution in [1.82, 2.24) is 10.2 Å². The summed E-state index contributed by atoms with van der Waals surface area (Å²) in [5.74, 6) is -1.87. The van der Waals surface area contributed by atoms with Gasteiger partial charge in [0, 0.05) is 0 Å². The first-order valence-corrected chi connectivity index (χ1v) is 8.73. The molecule has 2 N–H and O–H groups in total. The molecule has 2 aromatic carbocycles. The van der Waals surface area contributed by atoms with Crippen molar-refractivity contribution in [2.24, 2.45) is 0 Å². The summed E-state index contributed by atoms with van der Waals surface area (Å²) >= 11 is 0. The van der Waals surface area contributed by atoms with Gasteiger partial charge in [-0.1, -0.05) is 29.8 Å². The topological polar surface area (TPSA) is 78.5 Å². The van der Waals surface area contributed by atoms with E-state index < -0.39 is 30.2 Å². The van der Waals surface area contributed by atoms with Gasteiger partial charge in [0.1, 0.15) is 18.1 Å². The highest BCUT2D eigenvalue weighted by atomic mass is 19.1. The van der Waals surface area contributed by atoms with Gasteiger partial charge in [0.05, 0.1) is 5.69 Å². The van der Waals surface area contributed by atoms with Crippen LogP contribution in [-0.2, 0) is 9.59 Å². The van der Waals surface area contributed by atoms with Gasteiger partial charge in [0.15, 0.2) is 0 Å². The molecule has 2 aromatic rings. The van der Waals surface area contributed by atoms with E-state index in [4.69, 9.17) is 0 Å². The van der Waals surface area contributed by atoms with Crippen LogP contribution in [0.15, 0.2) is 42.1 Å². The van der Waals surface area contributed by atoms with Gasteiger partial charge in [-0.2, -0.15) is 0 Å². The number of hydrogen-bond acceptors (Lipinski definition) is 3. The molecular weight excluding hydrogens is 361 g/mol. The zero-order valence-corrected chi connectivity index (χ0v) is 15.8. The molecule has 0 aliphatic carbocycles. The van der Waals surface area contributed by atoms with Crippen molar-refractivity contribution in [3.8, 4) is 0 Å². The maximum atomic E-state index is 13.6. The van der Waals surface area contributed by atoms with E-state index in [1.165, 1.54) is 18.2 Å². The van der Waals surface area contributed by atoms with Crippen molar-refractivity contribution in [2.75, 3.05) is 11.9 Å². The number of nitrogens with one attached hydrogen (secondary N) is 2. The fraction of sp³-hybridized carbons (Fsp3) is 0.190. The summed E-state index contributed by atoms with van der Waals surface area (Å²) in [5.41, 5.74) is 3.97. The molecule has 6 nitrogen and oxygen atoms in total. The molecule has 1 heterocycles. The molecule has 0 bridgehead atoms. The summed E-state index contributed by atoms with van der Waals surface area (Å²) in [7, 11) is 0. The van der Waals surface area contributed by atoms with Crippen molar-refractivity contribution in [3.05, 3.63) is 70.2 Å². The number of imide groups is 1. The second-order valence-electron chi connectivity index (χ2n) is 6.72. The minimum atomic E-state index is -0.692. The number of benzene rings is 2. The molecule has 4 amide bonds. The number of amides is 4. The molecule has 7 heteroatoms. The Bertz CT molecular complexity index is 991. The fourth-order valence-electron chi connectivity index (χ4n) is 3.17. The van der Waals surface area contributed by atoms with E-state index in [1.807, 2.05) is 32.9 Å². The number of nitrogens with zero attached hydrogens (tertiary/aromatic N) is 1. The number of rotatable bonds is 4. The lowest BCUT2D eigenvalue weighted by Gasteiger charge is -2.12. The van der Waals surface area contributed by atoms with Crippen molar-refractivity contribution < 1.29 is 18.8 Å². The van der Waals surface area contributed by atoms with Gasteiger partial charge >= 0.3 is 6.03 Å². The Balaban J connectivity index is 1.77. The lowest BCUT2D eigenvalue weighted by molar-refractivity contribution is -0.127. The van der Waals surface area contributed by atoms with Gasteiger partial charge in [0.2, 0.25) is 5.91 Å². The van der Waals surface area contributed by atoms with Crippen LogP contribution in [0.25, 0.3) is 6.08 Å². The first-order chi connectivity index (χ1) is 13.3. The molecule has 0 saturated carbocycles. The van der Waals surface area contributed by atoms with Crippen LogP contribution in [0.4, 0.5) is 14.9 Å². The number of hydrogen-bond donors (Lipinski definition) is 2.